The summed E-state index contributed by atoms with van der Waals surface area (Å²) in [5, 5.41) is 5.91. The van der Waals surface area contributed by atoms with Crippen LogP contribution in [0.15, 0.2) is 11.4 Å². The van der Waals surface area contributed by atoms with E-state index in [0.717, 1.165) is 12.5 Å². The smallest absolute Gasteiger partial charge is 0.0304 e. The summed E-state index contributed by atoms with van der Waals surface area (Å²) in [6.07, 6.45) is 2.75. The summed E-state index contributed by atoms with van der Waals surface area (Å²) in [4.78, 5) is 4.08. The topological polar surface area (TPSA) is 15.3 Å². The van der Waals surface area contributed by atoms with Crippen molar-refractivity contribution in [3.05, 3.63) is 21.9 Å². The standard InChI is InChI=1S/C15H26N2S/c1-4-17-8-5-6-14(11-17)13(3)16-10-15-12(2)7-9-18-15/h7,9,13-14,16H,4-6,8,10-11H2,1-3H3. The molecule has 1 aliphatic rings. The molecule has 2 rings (SSSR count). The molecule has 0 spiro atoms. The summed E-state index contributed by atoms with van der Waals surface area (Å²) in [5.41, 5.74) is 1.43. The molecule has 1 aromatic rings. The van der Waals surface area contributed by atoms with E-state index >= 15 is 0 Å². The Morgan fingerprint density at radius 1 is 1.56 bits per heavy atom. The normalized spacial score (nSPS) is 23.2. The number of nitrogens with zero attached hydrogens (tertiary/aromatic N) is 1. The molecule has 0 bridgehead atoms. The number of thiophene rings is 1. The Hall–Kier alpha value is -0.380. The van der Waals surface area contributed by atoms with Gasteiger partial charge in [-0.25, -0.2) is 0 Å². The number of rotatable bonds is 5. The Morgan fingerprint density at radius 2 is 2.39 bits per heavy atom. The molecule has 1 saturated heterocycles. The van der Waals surface area contributed by atoms with Crippen molar-refractivity contribution in [3.63, 3.8) is 0 Å². The van der Waals surface area contributed by atoms with E-state index in [9.17, 15) is 0 Å². The van der Waals surface area contributed by atoms with Crippen molar-refractivity contribution in [1.82, 2.24) is 10.2 Å². The van der Waals surface area contributed by atoms with Crippen LogP contribution in [0.5, 0.6) is 0 Å². The van der Waals surface area contributed by atoms with Crippen LogP contribution in [0.3, 0.4) is 0 Å². The molecule has 2 atom stereocenters. The molecule has 2 nitrogen and oxygen atoms in total. The fraction of sp³-hybridized carbons (Fsp3) is 0.733. The van der Waals surface area contributed by atoms with Gasteiger partial charge in [-0.15, -0.1) is 11.3 Å². The Labute approximate surface area is 115 Å². The molecule has 0 aromatic carbocycles. The second kappa shape index (κ2) is 6.69. The molecule has 1 fully saturated rings. The van der Waals surface area contributed by atoms with E-state index in [2.05, 4.69) is 42.4 Å². The fourth-order valence-electron chi connectivity index (χ4n) is 2.79. The Bertz CT molecular complexity index is 361. The molecule has 2 unspecified atom stereocenters. The average molecular weight is 266 g/mol. The monoisotopic (exact) mass is 266 g/mol. The van der Waals surface area contributed by atoms with Crippen LogP contribution in [0.25, 0.3) is 0 Å². The first-order valence-corrected chi connectivity index (χ1v) is 8.07. The van der Waals surface area contributed by atoms with Crippen LogP contribution in [0.2, 0.25) is 0 Å². The maximum atomic E-state index is 3.72. The van der Waals surface area contributed by atoms with E-state index in [0.29, 0.717) is 6.04 Å². The summed E-state index contributed by atoms with van der Waals surface area (Å²) in [6.45, 7) is 11.6. The number of hydrogen-bond donors (Lipinski definition) is 1. The van der Waals surface area contributed by atoms with E-state index in [1.54, 1.807) is 0 Å². The van der Waals surface area contributed by atoms with Crippen molar-refractivity contribution in [2.45, 2.75) is 46.2 Å². The highest BCUT2D eigenvalue weighted by Gasteiger charge is 2.23. The van der Waals surface area contributed by atoms with Gasteiger partial charge in [-0.05, 0) is 62.7 Å². The highest BCUT2D eigenvalue weighted by Crippen LogP contribution is 2.21. The zero-order valence-corrected chi connectivity index (χ0v) is 12.7. The number of likely N-dealkylation sites (tertiary alicyclic amines) is 1. The molecule has 0 amide bonds. The van der Waals surface area contributed by atoms with Crippen LogP contribution < -0.4 is 5.32 Å². The number of aryl methyl sites for hydroxylation is 1. The lowest BCUT2D eigenvalue weighted by molar-refractivity contribution is 0.157. The van der Waals surface area contributed by atoms with Crippen LogP contribution >= 0.6 is 11.3 Å². The first-order valence-electron chi connectivity index (χ1n) is 7.19. The van der Waals surface area contributed by atoms with E-state index in [1.807, 2.05) is 11.3 Å². The molecule has 0 aliphatic carbocycles. The van der Waals surface area contributed by atoms with Crippen molar-refractivity contribution < 1.29 is 0 Å². The minimum Gasteiger partial charge on any atom is -0.309 e. The first-order chi connectivity index (χ1) is 8.70. The third-order valence-corrected chi connectivity index (χ3v) is 5.27. The minimum absolute atomic E-state index is 0.626. The average Bonchev–Trinajstić information content (AvgIpc) is 2.81. The van der Waals surface area contributed by atoms with E-state index in [1.165, 1.54) is 42.9 Å². The maximum absolute atomic E-state index is 3.72. The van der Waals surface area contributed by atoms with Crippen molar-refractivity contribution in [2.24, 2.45) is 5.92 Å². The SMILES string of the molecule is CCN1CCCC(C(C)NCc2sccc2C)C1. The summed E-state index contributed by atoms with van der Waals surface area (Å²) in [6, 6.07) is 2.84. The van der Waals surface area contributed by atoms with Gasteiger partial charge in [0, 0.05) is 24.0 Å². The van der Waals surface area contributed by atoms with Gasteiger partial charge in [-0.1, -0.05) is 6.92 Å². The Balaban J connectivity index is 1.80. The number of nitrogens with one attached hydrogen (secondary N) is 1. The fourth-order valence-corrected chi connectivity index (χ4v) is 3.65. The van der Waals surface area contributed by atoms with Gasteiger partial charge >= 0.3 is 0 Å². The van der Waals surface area contributed by atoms with Crippen LogP contribution in [-0.4, -0.2) is 30.6 Å². The van der Waals surface area contributed by atoms with Gasteiger partial charge in [-0.2, -0.15) is 0 Å². The molecule has 1 aromatic heterocycles. The van der Waals surface area contributed by atoms with Crippen molar-refractivity contribution in [2.75, 3.05) is 19.6 Å². The predicted molar refractivity (Wildman–Crippen MR) is 80.2 cm³/mol. The zero-order valence-electron chi connectivity index (χ0n) is 11.9. The molecule has 0 radical (unpaired) electrons. The molecule has 18 heavy (non-hydrogen) atoms. The lowest BCUT2D eigenvalue weighted by atomic mass is 9.91. The summed E-state index contributed by atoms with van der Waals surface area (Å²) < 4.78 is 0. The second-order valence-electron chi connectivity index (χ2n) is 5.49. The van der Waals surface area contributed by atoms with Crippen molar-refractivity contribution in [1.29, 1.82) is 0 Å². The molecular weight excluding hydrogens is 240 g/mol. The number of piperidine rings is 1. The highest BCUT2D eigenvalue weighted by atomic mass is 32.1. The number of hydrogen-bond acceptors (Lipinski definition) is 3. The molecule has 102 valence electrons. The summed E-state index contributed by atoms with van der Waals surface area (Å²) in [7, 11) is 0. The molecule has 0 saturated carbocycles. The summed E-state index contributed by atoms with van der Waals surface area (Å²) in [5.74, 6) is 0.818. The highest BCUT2D eigenvalue weighted by molar-refractivity contribution is 7.10. The van der Waals surface area contributed by atoms with E-state index in [4.69, 9.17) is 0 Å². The predicted octanol–water partition coefficient (Wildman–Crippen LogP) is 3.27. The third-order valence-electron chi connectivity index (χ3n) is 4.25. The van der Waals surface area contributed by atoms with Crippen molar-refractivity contribution >= 4 is 11.3 Å². The quantitative estimate of drug-likeness (QED) is 0.880. The van der Waals surface area contributed by atoms with E-state index in [-0.39, 0.29) is 0 Å². The molecule has 1 aliphatic heterocycles. The largest absolute Gasteiger partial charge is 0.309 e. The molecule has 3 heteroatoms. The van der Waals surface area contributed by atoms with Gasteiger partial charge in [0.1, 0.15) is 0 Å². The third kappa shape index (κ3) is 3.56. The van der Waals surface area contributed by atoms with Gasteiger partial charge in [0.05, 0.1) is 0 Å². The zero-order chi connectivity index (χ0) is 13.0. The second-order valence-corrected chi connectivity index (χ2v) is 6.49. The van der Waals surface area contributed by atoms with Gasteiger partial charge in [0.15, 0.2) is 0 Å². The van der Waals surface area contributed by atoms with Gasteiger partial charge in [0.2, 0.25) is 0 Å². The van der Waals surface area contributed by atoms with Crippen LogP contribution in [0, 0.1) is 12.8 Å². The Morgan fingerprint density at radius 3 is 3.06 bits per heavy atom. The van der Waals surface area contributed by atoms with E-state index < -0.39 is 0 Å². The lowest BCUT2D eigenvalue weighted by Crippen LogP contribution is -2.44. The van der Waals surface area contributed by atoms with Gasteiger partial charge < -0.3 is 10.2 Å². The minimum atomic E-state index is 0.626. The molecule has 1 N–H and O–H groups in total. The van der Waals surface area contributed by atoms with Crippen LogP contribution in [0.1, 0.15) is 37.1 Å². The van der Waals surface area contributed by atoms with Crippen LogP contribution in [0.4, 0.5) is 0 Å². The molecule has 2 heterocycles. The van der Waals surface area contributed by atoms with Gasteiger partial charge in [0.25, 0.3) is 0 Å². The lowest BCUT2D eigenvalue weighted by Gasteiger charge is -2.35. The first kappa shape index (κ1) is 14.0. The summed E-state index contributed by atoms with van der Waals surface area (Å²) >= 11 is 1.87. The van der Waals surface area contributed by atoms with Gasteiger partial charge in [-0.3, -0.25) is 0 Å². The Kier molecular flexibility index (Phi) is 5.22. The maximum Gasteiger partial charge on any atom is 0.0304 e. The molecular formula is C15H26N2S. The van der Waals surface area contributed by atoms with Crippen LogP contribution in [-0.2, 0) is 6.54 Å². The van der Waals surface area contributed by atoms with Crippen molar-refractivity contribution in [3.8, 4) is 0 Å².